The van der Waals surface area contributed by atoms with E-state index in [0.717, 1.165) is 37.4 Å². The van der Waals surface area contributed by atoms with E-state index in [4.69, 9.17) is 4.74 Å². The zero-order valence-electron chi connectivity index (χ0n) is 17.9. The molecule has 2 aromatic heterocycles. The SMILES string of the molecule is CCn1cc(CN2CCN(C(=O)c3cc(COc4cccc(F)c4)cs3)CC2)c(C)n1. The lowest BCUT2D eigenvalue weighted by molar-refractivity contribution is 0.0633. The molecule has 1 saturated heterocycles. The van der Waals surface area contributed by atoms with Gasteiger partial charge in [-0.05, 0) is 37.4 Å². The largest absolute Gasteiger partial charge is 0.489 e. The molecular formula is C23H27FN4O2S. The number of carbonyl (C=O) groups is 1. The minimum atomic E-state index is -0.327. The number of nitrogens with zero attached hydrogens (tertiary/aromatic N) is 4. The van der Waals surface area contributed by atoms with Crippen LogP contribution in [0.25, 0.3) is 0 Å². The number of hydrogen-bond donors (Lipinski definition) is 0. The Hall–Kier alpha value is -2.71. The van der Waals surface area contributed by atoms with Gasteiger partial charge in [-0.1, -0.05) is 6.07 Å². The maximum Gasteiger partial charge on any atom is 0.264 e. The van der Waals surface area contributed by atoms with Gasteiger partial charge in [-0.3, -0.25) is 14.4 Å². The first-order chi connectivity index (χ1) is 15.0. The van der Waals surface area contributed by atoms with Crippen LogP contribution in [0.1, 0.15) is 33.4 Å². The van der Waals surface area contributed by atoms with Crippen LogP contribution < -0.4 is 4.74 Å². The van der Waals surface area contributed by atoms with Crippen LogP contribution in [0.3, 0.4) is 0 Å². The fourth-order valence-electron chi connectivity index (χ4n) is 3.67. The summed E-state index contributed by atoms with van der Waals surface area (Å²) in [5, 5.41) is 6.44. The smallest absolute Gasteiger partial charge is 0.264 e. The summed E-state index contributed by atoms with van der Waals surface area (Å²) in [5.41, 5.74) is 3.24. The highest BCUT2D eigenvalue weighted by molar-refractivity contribution is 7.12. The molecule has 1 aromatic carbocycles. The lowest BCUT2D eigenvalue weighted by atomic mass is 10.2. The van der Waals surface area contributed by atoms with Gasteiger partial charge in [0.05, 0.1) is 10.6 Å². The van der Waals surface area contributed by atoms with Gasteiger partial charge in [0.25, 0.3) is 5.91 Å². The van der Waals surface area contributed by atoms with Crippen LogP contribution in [0.5, 0.6) is 5.75 Å². The van der Waals surface area contributed by atoms with E-state index in [2.05, 4.69) is 23.1 Å². The summed E-state index contributed by atoms with van der Waals surface area (Å²) < 4.78 is 20.9. The molecule has 0 radical (unpaired) electrons. The van der Waals surface area contributed by atoms with Gasteiger partial charge in [-0.25, -0.2) is 4.39 Å². The monoisotopic (exact) mass is 442 g/mol. The third kappa shape index (κ3) is 5.32. The van der Waals surface area contributed by atoms with Crippen LogP contribution >= 0.6 is 11.3 Å². The van der Waals surface area contributed by atoms with Crippen LogP contribution in [0.2, 0.25) is 0 Å². The molecule has 0 aliphatic carbocycles. The molecule has 4 rings (SSSR count). The molecule has 8 heteroatoms. The number of amides is 1. The molecule has 0 unspecified atom stereocenters. The topological polar surface area (TPSA) is 50.6 Å². The standard InChI is InChI=1S/C23H27FN4O2S/c1-3-28-14-19(17(2)25-28)13-26-7-9-27(10-8-26)23(29)22-11-18(16-31-22)15-30-21-6-4-5-20(24)12-21/h4-6,11-12,14,16H,3,7-10,13,15H2,1-2H3. The number of aromatic nitrogens is 2. The molecule has 164 valence electrons. The van der Waals surface area contributed by atoms with Crippen LogP contribution in [0, 0.1) is 12.7 Å². The van der Waals surface area contributed by atoms with Crippen molar-refractivity contribution in [3.8, 4) is 5.75 Å². The Labute approximate surface area is 185 Å². The van der Waals surface area contributed by atoms with Crippen molar-refractivity contribution < 1.29 is 13.9 Å². The molecule has 1 amide bonds. The zero-order chi connectivity index (χ0) is 21.8. The summed E-state index contributed by atoms with van der Waals surface area (Å²) >= 11 is 1.43. The van der Waals surface area contributed by atoms with Crippen molar-refractivity contribution in [2.45, 2.75) is 33.5 Å². The first-order valence-electron chi connectivity index (χ1n) is 10.5. The highest BCUT2D eigenvalue weighted by Gasteiger charge is 2.24. The van der Waals surface area contributed by atoms with Crippen molar-refractivity contribution in [2.75, 3.05) is 26.2 Å². The molecule has 0 saturated carbocycles. The Kier molecular flexibility index (Phi) is 6.67. The number of rotatable bonds is 7. The fraction of sp³-hybridized carbons (Fsp3) is 0.391. The number of ether oxygens (including phenoxy) is 1. The average Bonchev–Trinajstić information content (AvgIpc) is 3.39. The molecule has 3 heterocycles. The Balaban J connectivity index is 1.28. The highest BCUT2D eigenvalue weighted by Crippen LogP contribution is 2.21. The van der Waals surface area contributed by atoms with Gasteiger partial charge in [0.15, 0.2) is 0 Å². The fourth-order valence-corrected chi connectivity index (χ4v) is 4.53. The number of halogens is 1. The van der Waals surface area contributed by atoms with E-state index < -0.39 is 0 Å². The Morgan fingerprint density at radius 1 is 1.23 bits per heavy atom. The van der Waals surface area contributed by atoms with Crippen LogP contribution in [-0.4, -0.2) is 51.7 Å². The minimum Gasteiger partial charge on any atom is -0.489 e. The van der Waals surface area contributed by atoms with E-state index in [-0.39, 0.29) is 11.7 Å². The van der Waals surface area contributed by atoms with Crippen molar-refractivity contribution in [2.24, 2.45) is 0 Å². The maximum absolute atomic E-state index is 13.3. The van der Waals surface area contributed by atoms with Gasteiger partial charge in [0.1, 0.15) is 18.2 Å². The first kappa shape index (κ1) is 21.5. The van der Waals surface area contributed by atoms with E-state index >= 15 is 0 Å². The van der Waals surface area contributed by atoms with Crippen molar-refractivity contribution in [3.05, 3.63) is 69.4 Å². The molecule has 6 nitrogen and oxygen atoms in total. The maximum atomic E-state index is 13.3. The summed E-state index contributed by atoms with van der Waals surface area (Å²) in [7, 11) is 0. The van der Waals surface area contributed by atoms with E-state index in [1.165, 1.54) is 29.0 Å². The number of hydrogen-bond acceptors (Lipinski definition) is 5. The quantitative estimate of drug-likeness (QED) is 0.556. The average molecular weight is 443 g/mol. The van der Waals surface area contributed by atoms with Crippen LogP contribution in [0.4, 0.5) is 4.39 Å². The molecule has 31 heavy (non-hydrogen) atoms. The first-order valence-corrected chi connectivity index (χ1v) is 11.4. The van der Waals surface area contributed by atoms with Crippen molar-refractivity contribution in [3.63, 3.8) is 0 Å². The molecule has 1 aliphatic rings. The van der Waals surface area contributed by atoms with Gasteiger partial charge in [0.2, 0.25) is 0 Å². The number of carbonyl (C=O) groups excluding carboxylic acids is 1. The molecule has 1 aliphatic heterocycles. The Morgan fingerprint density at radius 2 is 2.03 bits per heavy atom. The third-order valence-corrected chi connectivity index (χ3v) is 6.46. The van der Waals surface area contributed by atoms with Gasteiger partial charge in [-0.2, -0.15) is 5.10 Å². The second-order valence-electron chi connectivity index (χ2n) is 7.73. The van der Waals surface area contributed by atoms with E-state index in [1.807, 2.05) is 28.0 Å². The lowest BCUT2D eigenvalue weighted by Gasteiger charge is -2.34. The number of thiophene rings is 1. The van der Waals surface area contributed by atoms with E-state index in [1.54, 1.807) is 12.1 Å². The molecule has 3 aromatic rings. The van der Waals surface area contributed by atoms with Gasteiger partial charge in [-0.15, -0.1) is 11.3 Å². The minimum absolute atomic E-state index is 0.0663. The molecule has 0 bridgehead atoms. The van der Waals surface area contributed by atoms with Crippen molar-refractivity contribution in [1.29, 1.82) is 0 Å². The molecule has 0 N–H and O–H groups in total. The van der Waals surface area contributed by atoms with Gasteiger partial charge in [0, 0.05) is 62.7 Å². The van der Waals surface area contributed by atoms with Gasteiger partial charge >= 0.3 is 0 Å². The van der Waals surface area contributed by atoms with Gasteiger partial charge < -0.3 is 9.64 Å². The summed E-state index contributed by atoms with van der Waals surface area (Å²) in [4.78, 5) is 17.9. The Bertz CT molecular complexity index is 1040. The second-order valence-corrected chi connectivity index (χ2v) is 8.64. The number of piperazine rings is 1. The van der Waals surface area contributed by atoms with E-state index in [9.17, 15) is 9.18 Å². The van der Waals surface area contributed by atoms with Crippen molar-refractivity contribution >= 4 is 17.2 Å². The van der Waals surface area contributed by atoms with E-state index in [0.29, 0.717) is 30.3 Å². The summed E-state index contributed by atoms with van der Waals surface area (Å²) in [6.45, 7) is 9.32. The summed E-state index contributed by atoms with van der Waals surface area (Å²) in [6.07, 6.45) is 2.12. The molecular weight excluding hydrogens is 415 g/mol. The van der Waals surface area contributed by atoms with Crippen LogP contribution in [-0.2, 0) is 19.7 Å². The third-order valence-electron chi connectivity index (χ3n) is 5.49. The predicted molar refractivity (Wildman–Crippen MR) is 119 cm³/mol. The second kappa shape index (κ2) is 9.62. The molecule has 0 atom stereocenters. The number of benzene rings is 1. The lowest BCUT2D eigenvalue weighted by Crippen LogP contribution is -2.48. The summed E-state index contributed by atoms with van der Waals surface area (Å²) in [5.74, 6) is 0.221. The normalized spacial score (nSPS) is 14.7. The molecule has 1 fully saturated rings. The summed E-state index contributed by atoms with van der Waals surface area (Å²) in [6, 6.07) is 7.95. The van der Waals surface area contributed by atoms with Crippen LogP contribution in [0.15, 0.2) is 41.9 Å². The Morgan fingerprint density at radius 3 is 2.74 bits per heavy atom. The highest BCUT2D eigenvalue weighted by atomic mass is 32.1. The molecule has 0 spiro atoms. The van der Waals surface area contributed by atoms with Crippen molar-refractivity contribution in [1.82, 2.24) is 19.6 Å². The zero-order valence-corrected chi connectivity index (χ0v) is 18.7. The predicted octanol–water partition coefficient (Wildman–Crippen LogP) is 3.95. The number of aryl methyl sites for hydroxylation is 2.